The molecule has 0 aliphatic heterocycles. The summed E-state index contributed by atoms with van der Waals surface area (Å²) < 4.78 is 0. The fourth-order valence-electron chi connectivity index (χ4n) is 8.04. The van der Waals surface area contributed by atoms with Gasteiger partial charge in [0.15, 0.2) is 0 Å². The molecule has 56 heavy (non-hydrogen) atoms. The Labute approximate surface area is 351 Å². The molecule has 0 rings (SSSR count). The number of carbonyl (C=O) groups excluding carboxylic acids is 1. The first-order valence-electron chi connectivity index (χ1n) is 25.5. The molecule has 0 radical (unpaired) electrons. The van der Waals surface area contributed by atoms with Crippen LogP contribution in [0.3, 0.4) is 0 Å². The summed E-state index contributed by atoms with van der Waals surface area (Å²) in [5.74, 6) is -0.0290. The van der Waals surface area contributed by atoms with E-state index in [9.17, 15) is 15.0 Å². The molecule has 0 spiro atoms. The molecule has 2 atom stereocenters. The van der Waals surface area contributed by atoms with Crippen LogP contribution in [0.5, 0.6) is 0 Å². The molecule has 4 heteroatoms. The molecule has 0 saturated heterocycles. The van der Waals surface area contributed by atoms with Crippen molar-refractivity contribution in [3.05, 3.63) is 24.3 Å². The number of rotatable bonds is 47. The highest BCUT2D eigenvalue weighted by Gasteiger charge is 2.20. The van der Waals surface area contributed by atoms with E-state index in [1.807, 2.05) is 0 Å². The molecule has 0 fully saturated rings. The maximum absolute atomic E-state index is 12.4. The van der Waals surface area contributed by atoms with E-state index in [0.717, 1.165) is 32.1 Å². The molecule has 0 aromatic rings. The van der Waals surface area contributed by atoms with Crippen molar-refractivity contribution in [1.82, 2.24) is 5.32 Å². The molecule has 2 unspecified atom stereocenters. The Morgan fingerprint density at radius 2 is 0.732 bits per heavy atom. The number of nitrogens with one attached hydrogen (secondary N) is 1. The van der Waals surface area contributed by atoms with E-state index in [-0.39, 0.29) is 12.5 Å². The molecule has 1 amide bonds. The number of aliphatic hydroxyl groups excluding tert-OH is 2. The van der Waals surface area contributed by atoms with Crippen molar-refractivity contribution in [2.75, 3.05) is 6.61 Å². The lowest BCUT2D eigenvalue weighted by Gasteiger charge is -2.22. The fraction of sp³-hybridized carbons (Fsp3) is 0.904. The molecule has 0 aromatic carbocycles. The molecule has 0 heterocycles. The van der Waals surface area contributed by atoms with Crippen LogP contribution in [-0.4, -0.2) is 34.9 Å². The molecule has 4 nitrogen and oxygen atoms in total. The predicted octanol–water partition coefficient (Wildman–Crippen LogP) is 16.4. The lowest BCUT2D eigenvalue weighted by molar-refractivity contribution is -0.123. The van der Waals surface area contributed by atoms with Gasteiger partial charge in [0.1, 0.15) is 0 Å². The number of carbonyl (C=O) groups is 1. The van der Waals surface area contributed by atoms with Crippen molar-refractivity contribution >= 4 is 5.91 Å². The Kier molecular flexibility index (Phi) is 47.3. The quantitative estimate of drug-likeness (QED) is 0.0425. The third kappa shape index (κ3) is 44.0. The highest BCUT2D eigenvalue weighted by molar-refractivity contribution is 5.76. The van der Waals surface area contributed by atoms with Crippen LogP contribution in [-0.2, 0) is 4.79 Å². The van der Waals surface area contributed by atoms with E-state index in [4.69, 9.17) is 0 Å². The first-order chi connectivity index (χ1) is 27.7. The van der Waals surface area contributed by atoms with Crippen LogP contribution in [0.25, 0.3) is 0 Å². The minimum absolute atomic E-state index is 0.0290. The van der Waals surface area contributed by atoms with Gasteiger partial charge in [-0.2, -0.15) is 0 Å². The van der Waals surface area contributed by atoms with Crippen LogP contribution in [0.15, 0.2) is 24.3 Å². The second-order valence-electron chi connectivity index (χ2n) is 17.6. The van der Waals surface area contributed by atoms with Gasteiger partial charge >= 0.3 is 0 Å². The number of amides is 1. The zero-order valence-electron chi connectivity index (χ0n) is 38.2. The van der Waals surface area contributed by atoms with Gasteiger partial charge in [-0.1, -0.05) is 256 Å². The average molecular weight is 788 g/mol. The van der Waals surface area contributed by atoms with Gasteiger partial charge in [0.2, 0.25) is 5.91 Å². The first kappa shape index (κ1) is 54.9. The monoisotopic (exact) mass is 788 g/mol. The minimum atomic E-state index is -0.653. The van der Waals surface area contributed by atoms with E-state index in [1.165, 1.54) is 225 Å². The Morgan fingerprint density at radius 1 is 0.429 bits per heavy atom. The molecule has 0 saturated carbocycles. The predicted molar refractivity (Wildman–Crippen MR) is 249 cm³/mol. The Balaban J connectivity index is 3.34. The van der Waals surface area contributed by atoms with Crippen molar-refractivity contribution in [2.24, 2.45) is 0 Å². The second kappa shape index (κ2) is 48.2. The zero-order valence-corrected chi connectivity index (χ0v) is 38.2. The van der Waals surface area contributed by atoms with Crippen molar-refractivity contribution < 1.29 is 15.0 Å². The smallest absolute Gasteiger partial charge is 0.220 e. The molecule has 0 aromatic heterocycles. The largest absolute Gasteiger partial charge is 0.394 e. The number of aliphatic hydroxyl groups is 2. The lowest BCUT2D eigenvalue weighted by atomic mass is 10.0. The number of hydrogen-bond acceptors (Lipinski definition) is 3. The first-order valence-corrected chi connectivity index (χ1v) is 25.5. The van der Waals surface area contributed by atoms with E-state index in [2.05, 4.69) is 43.5 Å². The summed E-state index contributed by atoms with van der Waals surface area (Å²) in [6, 6.07) is -0.530. The third-order valence-corrected chi connectivity index (χ3v) is 12.0. The summed E-state index contributed by atoms with van der Waals surface area (Å²) in [6.45, 7) is 4.34. The van der Waals surface area contributed by atoms with Crippen molar-refractivity contribution in [3.63, 3.8) is 0 Å². The van der Waals surface area contributed by atoms with E-state index in [1.54, 1.807) is 0 Å². The maximum atomic E-state index is 12.4. The summed E-state index contributed by atoms with van der Waals surface area (Å²) >= 11 is 0. The topological polar surface area (TPSA) is 69.6 Å². The SMILES string of the molecule is CCCCCCC/C=C\C/C=C\CCCCCCCCCCCCCCCCCCCCCCCCCC(=O)NC(CO)C(O)CCCCCCCCCCC. The van der Waals surface area contributed by atoms with Gasteiger partial charge in [-0.05, 0) is 44.9 Å². The summed E-state index contributed by atoms with van der Waals surface area (Å²) in [7, 11) is 0. The molecular weight excluding hydrogens is 687 g/mol. The molecule has 0 aliphatic rings. The van der Waals surface area contributed by atoms with Gasteiger partial charge in [-0.3, -0.25) is 4.79 Å². The number of hydrogen-bond donors (Lipinski definition) is 3. The highest BCUT2D eigenvalue weighted by atomic mass is 16.3. The minimum Gasteiger partial charge on any atom is -0.394 e. The lowest BCUT2D eigenvalue weighted by Crippen LogP contribution is -2.45. The van der Waals surface area contributed by atoms with Crippen LogP contribution >= 0.6 is 0 Å². The van der Waals surface area contributed by atoms with Crippen LogP contribution in [0, 0.1) is 0 Å². The van der Waals surface area contributed by atoms with Crippen LogP contribution in [0.2, 0.25) is 0 Å². The molecule has 0 aliphatic carbocycles. The number of unbranched alkanes of at least 4 members (excludes halogenated alkanes) is 36. The van der Waals surface area contributed by atoms with Crippen LogP contribution in [0.4, 0.5) is 0 Å². The summed E-state index contributed by atoms with van der Waals surface area (Å²) in [5.41, 5.74) is 0. The van der Waals surface area contributed by atoms with E-state index < -0.39 is 12.1 Å². The van der Waals surface area contributed by atoms with Gasteiger partial charge in [-0.15, -0.1) is 0 Å². The summed E-state index contributed by atoms with van der Waals surface area (Å²) in [6.07, 6.45) is 63.1. The Hall–Kier alpha value is -1.13. The van der Waals surface area contributed by atoms with Crippen LogP contribution < -0.4 is 5.32 Å². The molecular formula is C52H101NO3. The van der Waals surface area contributed by atoms with Gasteiger partial charge in [0, 0.05) is 6.42 Å². The van der Waals surface area contributed by atoms with Gasteiger partial charge < -0.3 is 15.5 Å². The standard InChI is InChI=1S/C52H101NO3/c1-3-5-7-9-11-13-14-15-16-17-18-19-20-21-22-23-24-25-26-27-28-29-30-31-32-33-34-35-36-37-38-40-42-44-46-48-52(56)53-50(49-54)51(55)47-45-43-41-39-12-10-8-6-4-2/h14-15,17-18,50-51,54-55H,3-13,16,19-49H2,1-2H3,(H,53,56)/b15-14-,18-17-. The van der Waals surface area contributed by atoms with E-state index in [0.29, 0.717) is 12.8 Å². The average Bonchev–Trinajstić information content (AvgIpc) is 3.20. The Bertz CT molecular complexity index is 810. The molecule has 0 bridgehead atoms. The van der Waals surface area contributed by atoms with Crippen molar-refractivity contribution in [2.45, 2.75) is 296 Å². The summed E-state index contributed by atoms with van der Waals surface area (Å²) in [5, 5.41) is 23.1. The van der Waals surface area contributed by atoms with Crippen LogP contribution in [0.1, 0.15) is 284 Å². The van der Waals surface area contributed by atoms with Gasteiger partial charge in [0.25, 0.3) is 0 Å². The molecule has 3 N–H and O–H groups in total. The maximum Gasteiger partial charge on any atom is 0.220 e. The fourth-order valence-corrected chi connectivity index (χ4v) is 8.04. The highest BCUT2D eigenvalue weighted by Crippen LogP contribution is 2.17. The van der Waals surface area contributed by atoms with Gasteiger partial charge in [0.05, 0.1) is 18.8 Å². The van der Waals surface area contributed by atoms with Crippen molar-refractivity contribution in [3.8, 4) is 0 Å². The second-order valence-corrected chi connectivity index (χ2v) is 17.6. The summed E-state index contributed by atoms with van der Waals surface area (Å²) in [4.78, 5) is 12.4. The zero-order chi connectivity index (χ0) is 40.7. The number of allylic oxidation sites excluding steroid dienone is 4. The Morgan fingerprint density at radius 3 is 1.07 bits per heavy atom. The van der Waals surface area contributed by atoms with Crippen molar-refractivity contribution in [1.29, 1.82) is 0 Å². The molecule has 332 valence electrons. The third-order valence-electron chi connectivity index (χ3n) is 12.0. The van der Waals surface area contributed by atoms with Gasteiger partial charge in [-0.25, -0.2) is 0 Å². The normalized spacial score (nSPS) is 13.0. The van der Waals surface area contributed by atoms with E-state index >= 15 is 0 Å².